The zero-order valence-electron chi connectivity index (χ0n) is 11.7. The number of H-pyrrole nitrogens is 1. The predicted molar refractivity (Wildman–Crippen MR) is 87.3 cm³/mol. The molecule has 0 bridgehead atoms. The summed E-state index contributed by atoms with van der Waals surface area (Å²) in [5.74, 6) is 2.17. The van der Waals surface area contributed by atoms with Crippen molar-refractivity contribution in [2.45, 2.75) is 68.3 Å². The van der Waals surface area contributed by atoms with Crippen LogP contribution in [0.2, 0.25) is 0 Å². The van der Waals surface area contributed by atoms with Crippen molar-refractivity contribution in [3.8, 4) is 0 Å². The van der Waals surface area contributed by atoms with E-state index in [1.54, 1.807) is 0 Å². The standard InChI is InChI=1S/C15H21BrN2OS/c16-13-14(10-5-1-2-6-10)17-12(18-15(13)19)9-20-11-7-3-4-8-11/h10-11H,1-9H2,(H,17,18,19). The van der Waals surface area contributed by atoms with Crippen molar-refractivity contribution in [2.24, 2.45) is 0 Å². The fourth-order valence-electron chi connectivity index (χ4n) is 3.31. The zero-order chi connectivity index (χ0) is 13.9. The molecule has 0 radical (unpaired) electrons. The van der Waals surface area contributed by atoms with Gasteiger partial charge >= 0.3 is 0 Å². The van der Waals surface area contributed by atoms with E-state index in [0.29, 0.717) is 10.4 Å². The maximum atomic E-state index is 12.1. The number of nitrogens with zero attached hydrogens (tertiary/aromatic N) is 1. The van der Waals surface area contributed by atoms with Gasteiger partial charge in [0.1, 0.15) is 10.3 Å². The number of halogens is 1. The summed E-state index contributed by atoms with van der Waals surface area (Å²) in [6, 6.07) is 0. The van der Waals surface area contributed by atoms with E-state index in [9.17, 15) is 4.79 Å². The zero-order valence-corrected chi connectivity index (χ0v) is 14.1. The number of aromatic nitrogens is 2. The number of nitrogens with one attached hydrogen (secondary N) is 1. The van der Waals surface area contributed by atoms with Crippen LogP contribution < -0.4 is 5.56 Å². The van der Waals surface area contributed by atoms with E-state index in [0.717, 1.165) is 22.5 Å². The Morgan fingerprint density at radius 2 is 1.80 bits per heavy atom. The normalized spacial score (nSPS) is 20.9. The Bertz CT molecular complexity index is 519. The summed E-state index contributed by atoms with van der Waals surface area (Å²) in [5.41, 5.74) is 0.984. The quantitative estimate of drug-likeness (QED) is 0.871. The van der Waals surface area contributed by atoms with Crippen LogP contribution in [-0.4, -0.2) is 15.2 Å². The lowest BCUT2D eigenvalue weighted by Crippen LogP contribution is -2.17. The van der Waals surface area contributed by atoms with Gasteiger partial charge in [0.05, 0.1) is 11.4 Å². The second kappa shape index (κ2) is 6.65. The van der Waals surface area contributed by atoms with Gasteiger partial charge in [-0.05, 0) is 41.6 Å². The van der Waals surface area contributed by atoms with Crippen LogP contribution in [0.1, 0.15) is 68.8 Å². The lowest BCUT2D eigenvalue weighted by atomic mass is 10.0. The molecule has 0 unspecified atom stereocenters. The maximum absolute atomic E-state index is 12.1. The number of hydrogen-bond donors (Lipinski definition) is 1. The van der Waals surface area contributed by atoms with E-state index in [4.69, 9.17) is 4.98 Å². The number of hydrogen-bond acceptors (Lipinski definition) is 3. The molecule has 20 heavy (non-hydrogen) atoms. The molecule has 0 amide bonds. The molecular weight excluding hydrogens is 336 g/mol. The van der Waals surface area contributed by atoms with Gasteiger partial charge in [-0.3, -0.25) is 4.79 Å². The fourth-order valence-corrected chi connectivity index (χ4v) is 5.02. The molecule has 1 N–H and O–H groups in total. The van der Waals surface area contributed by atoms with Crippen LogP contribution in [0.4, 0.5) is 0 Å². The van der Waals surface area contributed by atoms with E-state index < -0.39 is 0 Å². The van der Waals surface area contributed by atoms with Gasteiger partial charge in [0.15, 0.2) is 0 Å². The average molecular weight is 357 g/mol. The molecule has 0 aromatic carbocycles. The lowest BCUT2D eigenvalue weighted by Gasteiger charge is -2.13. The van der Waals surface area contributed by atoms with Gasteiger partial charge in [-0.2, -0.15) is 11.8 Å². The average Bonchev–Trinajstić information content (AvgIpc) is 3.12. The lowest BCUT2D eigenvalue weighted by molar-refractivity contribution is 0.680. The summed E-state index contributed by atoms with van der Waals surface area (Å²) >= 11 is 5.38. The van der Waals surface area contributed by atoms with Gasteiger partial charge in [-0.1, -0.05) is 25.7 Å². The van der Waals surface area contributed by atoms with Gasteiger partial charge in [0.2, 0.25) is 0 Å². The van der Waals surface area contributed by atoms with Gasteiger partial charge in [0, 0.05) is 11.2 Å². The molecule has 0 spiro atoms. The van der Waals surface area contributed by atoms with Gasteiger partial charge < -0.3 is 4.98 Å². The van der Waals surface area contributed by atoms with E-state index >= 15 is 0 Å². The van der Waals surface area contributed by atoms with Crippen molar-refractivity contribution in [1.82, 2.24) is 9.97 Å². The third-order valence-corrected chi connectivity index (χ3v) is 6.59. The maximum Gasteiger partial charge on any atom is 0.265 e. The minimum atomic E-state index is -0.0103. The van der Waals surface area contributed by atoms with Crippen LogP contribution in [0.25, 0.3) is 0 Å². The van der Waals surface area contributed by atoms with Crippen molar-refractivity contribution in [3.63, 3.8) is 0 Å². The molecular formula is C15H21BrN2OS. The first kappa shape index (κ1) is 14.6. The first-order valence-electron chi connectivity index (χ1n) is 7.64. The minimum absolute atomic E-state index is 0.0103. The smallest absolute Gasteiger partial charge is 0.265 e. The van der Waals surface area contributed by atoms with Crippen LogP contribution in [0, 0.1) is 0 Å². The number of rotatable bonds is 4. The van der Waals surface area contributed by atoms with Crippen LogP contribution in [0.5, 0.6) is 0 Å². The highest BCUT2D eigenvalue weighted by molar-refractivity contribution is 9.10. The Kier molecular flexibility index (Phi) is 4.87. The number of aromatic amines is 1. The highest BCUT2D eigenvalue weighted by atomic mass is 79.9. The SMILES string of the molecule is O=c1[nH]c(CSC2CCCC2)nc(C2CCCC2)c1Br. The first-order chi connectivity index (χ1) is 9.74. The van der Waals surface area contributed by atoms with E-state index in [1.807, 2.05) is 11.8 Å². The Balaban J connectivity index is 1.75. The third-order valence-electron chi connectivity index (χ3n) is 4.44. The molecule has 1 aromatic heterocycles. The molecule has 2 aliphatic rings. The van der Waals surface area contributed by atoms with E-state index in [1.165, 1.54) is 51.4 Å². The molecule has 0 saturated heterocycles. The highest BCUT2D eigenvalue weighted by Gasteiger charge is 2.23. The Morgan fingerprint density at radius 1 is 1.15 bits per heavy atom. The molecule has 2 fully saturated rings. The van der Waals surface area contributed by atoms with Crippen LogP contribution in [-0.2, 0) is 5.75 Å². The van der Waals surface area contributed by atoms with Gasteiger partial charge in [-0.15, -0.1) is 0 Å². The summed E-state index contributed by atoms with van der Waals surface area (Å²) in [4.78, 5) is 19.7. The van der Waals surface area contributed by atoms with E-state index in [-0.39, 0.29) is 5.56 Å². The molecule has 0 atom stereocenters. The van der Waals surface area contributed by atoms with Gasteiger partial charge in [-0.25, -0.2) is 4.98 Å². The largest absolute Gasteiger partial charge is 0.309 e. The van der Waals surface area contributed by atoms with Crippen molar-refractivity contribution in [1.29, 1.82) is 0 Å². The van der Waals surface area contributed by atoms with Crippen molar-refractivity contribution < 1.29 is 0 Å². The molecule has 1 aromatic rings. The minimum Gasteiger partial charge on any atom is -0.309 e. The molecule has 3 rings (SSSR count). The summed E-state index contributed by atoms with van der Waals surface area (Å²) in [6.45, 7) is 0. The van der Waals surface area contributed by atoms with Crippen LogP contribution in [0.3, 0.4) is 0 Å². The summed E-state index contributed by atoms with van der Waals surface area (Å²) < 4.78 is 0.652. The number of thioether (sulfide) groups is 1. The van der Waals surface area contributed by atoms with E-state index in [2.05, 4.69) is 20.9 Å². The molecule has 2 saturated carbocycles. The fraction of sp³-hybridized carbons (Fsp3) is 0.733. The van der Waals surface area contributed by atoms with Crippen LogP contribution in [0.15, 0.2) is 9.27 Å². The molecule has 5 heteroatoms. The Morgan fingerprint density at radius 3 is 2.50 bits per heavy atom. The molecule has 0 aliphatic heterocycles. The molecule has 1 heterocycles. The monoisotopic (exact) mass is 356 g/mol. The second-order valence-corrected chi connectivity index (χ2v) is 7.99. The molecule has 110 valence electrons. The molecule has 3 nitrogen and oxygen atoms in total. The van der Waals surface area contributed by atoms with Crippen molar-refractivity contribution in [2.75, 3.05) is 0 Å². The van der Waals surface area contributed by atoms with Crippen molar-refractivity contribution >= 4 is 27.7 Å². The Hall–Kier alpha value is -0.290. The van der Waals surface area contributed by atoms with Crippen LogP contribution >= 0.6 is 27.7 Å². The van der Waals surface area contributed by atoms with Gasteiger partial charge in [0.25, 0.3) is 5.56 Å². The second-order valence-electron chi connectivity index (χ2n) is 5.91. The molecule has 2 aliphatic carbocycles. The van der Waals surface area contributed by atoms with Crippen molar-refractivity contribution in [3.05, 3.63) is 26.3 Å². The summed E-state index contributed by atoms with van der Waals surface area (Å²) in [5, 5.41) is 0.763. The highest BCUT2D eigenvalue weighted by Crippen LogP contribution is 2.36. The summed E-state index contributed by atoms with van der Waals surface area (Å²) in [7, 11) is 0. The summed E-state index contributed by atoms with van der Waals surface area (Å²) in [6.07, 6.45) is 10.2. The predicted octanol–water partition coefficient (Wildman–Crippen LogP) is 4.37. The first-order valence-corrected chi connectivity index (χ1v) is 9.48. The topological polar surface area (TPSA) is 45.8 Å². The third kappa shape index (κ3) is 3.30. The Labute approximate surface area is 132 Å².